The number of carbonyl (C=O) groups is 1. The van der Waals surface area contributed by atoms with Gasteiger partial charge in [-0.1, -0.05) is 36.4 Å². The van der Waals surface area contributed by atoms with E-state index in [2.05, 4.69) is 53.4 Å². The number of hydrogen-bond donors (Lipinski definition) is 0. The Bertz CT molecular complexity index is 810. The molecule has 0 radical (unpaired) electrons. The number of benzene rings is 2. The van der Waals surface area contributed by atoms with Gasteiger partial charge in [0.05, 0.1) is 7.11 Å². The normalized spacial score (nSPS) is 27.0. The first-order chi connectivity index (χ1) is 11.1. The Morgan fingerprint density at radius 3 is 2.78 bits per heavy atom. The van der Waals surface area contributed by atoms with Crippen molar-refractivity contribution in [2.75, 3.05) is 14.2 Å². The van der Waals surface area contributed by atoms with Gasteiger partial charge in [0.15, 0.2) is 0 Å². The number of rotatable bonds is 2. The highest BCUT2D eigenvalue weighted by atomic mass is 16.5. The van der Waals surface area contributed by atoms with E-state index >= 15 is 0 Å². The summed E-state index contributed by atoms with van der Waals surface area (Å²) in [5, 5.41) is 2.49. The highest BCUT2D eigenvalue weighted by Crippen LogP contribution is 2.45. The standard InChI is InChI=1S/C20H21NO2/c1-21-18-9-10-20(21,19(22)23-2)13-17(12-18)16-8-7-14-5-3-4-6-15(14)11-16/h3-8,11,13,18H,9-10,12H2,1-2H3/t18?,20-/m1/s1. The largest absolute Gasteiger partial charge is 0.467 e. The van der Waals surface area contributed by atoms with E-state index < -0.39 is 5.54 Å². The van der Waals surface area contributed by atoms with E-state index in [9.17, 15) is 4.79 Å². The van der Waals surface area contributed by atoms with E-state index in [1.54, 1.807) is 0 Å². The molecule has 0 N–H and O–H groups in total. The number of esters is 1. The fourth-order valence-corrected chi connectivity index (χ4v) is 4.17. The third-order valence-electron chi connectivity index (χ3n) is 5.56. The summed E-state index contributed by atoms with van der Waals surface area (Å²) in [5.41, 5.74) is 1.90. The second-order valence-electron chi connectivity index (χ2n) is 6.65. The molecular formula is C20H21NO2. The van der Waals surface area contributed by atoms with Gasteiger partial charge in [0, 0.05) is 6.04 Å². The van der Waals surface area contributed by atoms with Crippen molar-refractivity contribution in [3.05, 3.63) is 54.1 Å². The zero-order valence-electron chi connectivity index (χ0n) is 13.6. The lowest BCUT2D eigenvalue weighted by Crippen LogP contribution is -2.52. The summed E-state index contributed by atoms with van der Waals surface area (Å²) in [4.78, 5) is 14.6. The van der Waals surface area contributed by atoms with E-state index in [1.807, 2.05) is 7.05 Å². The van der Waals surface area contributed by atoms with Gasteiger partial charge in [-0.05, 0) is 60.4 Å². The SMILES string of the molecule is COC(=O)[C@]12C=C(c3ccc4ccccc4c3)CC(CC1)N2C. The average molecular weight is 307 g/mol. The molecule has 1 saturated heterocycles. The van der Waals surface area contributed by atoms with E-state index in [0.717, 1.165) is 19.3 Å². The summed E-state index contributed by atoms with van der Waals surface area (Å²) in [7, 11) is 3.53. The second kappa shape index (κ2) is 5.20. The number of nitrogens with zero attached hydrogens (tertiary/aromatic N) is 1. The van der Waals surface area contributed by atoms with Crippen LogP contribution in [0.5, 0.6) is 0 Å². The summed E-state index contributed by atoms with van der Waals surface area (Å²) in [5.74, 6) is -0.138. The van der Waals surface area contributed by atoms with Gasteiger partial charge in [-0.15, -0.1) is 0 Å². The van der Waals surface area contributed by atoms with Crippen molar-refractivity contribution in [3.8, 4) is 0 Å². The lowest BCUT2D eigenvalue weighted by Gasteiger charge is -2.38. The first kappa shape index (κ1) is 14.5. The van der Waals surface area contributed by atoms with Crippen molar-refractivity contribution in [1.29, 1.82) is 0 Å². The molecule has 2 aliphatic heterocycles. The van der Waals surface area contributed by atoms with Crippen molar-refractivity contribution in [1.82, 2.24) is 4.90 Å². The molecule has 2 aliphatic rings. The molecule has 2 heterocycles. The van der Waals surface area contributed by atoms with Gasteiger partial charge in [-0.2, -0.15) is 0 Å². The zero-order chi connectivity index (χ0) is 16.0. The Morgan fingerprint density at radius 1 is 1.22 bits per heavy atom. The van der Waals surface area contributed by atoms with E-state index in [0.29, 0.717) is 6.04 Å². The van der Waals surface area contributed by atoms with Gasteiger partial charge in [0.2, 0.25) is 0 Å². The Hall–Kier alpha value is -2.13. The minimum Gasteiger partial charge on any atom is -0.467 e. The van der Waals surface area contributed by atoms with Crippen LogP contribution >= 0.6 is 0 Å². The second-order valence-corrected chi connectivity index (χ2v) is 6.65. The number of methoxy groups -OCH3 is 1. The van der Waals surface area contributed by atoms with Crippen LogP contribution in [0.4, 0.5) is 0 Å². The predicted molar refractivity (Wildman–Crippen MR) is 92.1 cm³/mol. The monoisotopic (exact) mass is 307 g/mol. The Kier molecular flexibility index (Phi) is 3.27. The van der Waals surface area contributed by atoms with Gasteiger partial charge in [0.25, 0.3) is 0 Å². The number of fused-ring (bicyclic) bond motifs is 3. The van der Waals surface area contributed by atoms with Crippen molar-refractivity contribution in [2.24, 2.45) is 0 Å². The maximum atomic E-state index is 12.4. The fraction of sp³-hybridized carbons (Fsp3) is 0.350. The minimum absolute atomic E-state index is 0.138. The smallest absolute Gasteiger partial charge is 0.330 e. The molecule has 1 fully saturated rings. The summed E-state index contributed by atoms with van der Waals surface area (Å²) in [6.07, 6.45) is 5.02. The van der Waals surface area contributed by atoms with Crippen molar-refractivity contribution < 1.29 is 9.53 Å². The molecule has 0 spiro atoms. The molecule has 0 saturated carbocycles. The molecule has 2 aromatic rings. The molecule has 2 aromatic carbocycles. The van der Waals surface area contributed by atoms with Crippen molar-refractivity contribution >= 4 is 22.3 Å². The maximum absolute atomic E-state index is 12.4. The molecule has 23 heavy (non-hydrogen) atoms. The molecule has 0 aromatic heterocycles. The van der Waals surface area contributed by atoms with Crippen LogP contribution in [0.25, 0.3) is 16.3 Å². The molecule has 0 aliphatic carbocycles. The Labute approximate surface area is 136 Å². The molecule has 4 rings (SSSR count). The van der Waals surface area contributed by atoms with Crippen LogP contribution < -0.4 is 0 Å². The fourth-order valence-electron chi connectivity index (χ4n) is 4.17. The molecule has 118 valence electrons. The zero-order valence-corrected chi connectivity index (χ0v) is 13.6. The number of hydrogen-bond acceptors (Lipinski definition) is 3. The average Bonchev–Trinajstić information content (AvgIpc) is 2.79. The summed E-state index contributed by atoms with van der Waals surface area (Å²) < 4.78 is 5.11. The van der Waals surface area contributed by atoms with Crippen LogP contribution in [0, 0.1) is 0 Å². The van der Waals surface area contributed by atoms with Crippen LogP contribution in [0.3, 0.4) is 0 Å². The molecule has 1 unspecified atom stereocenters. The van der Waals surface area contributed by atoms with Gasteiger partial charge < -0.3 is 4.74 Å². The summed E-state index contributed by atoms with van der Waals surface area (Å²) in [6.45, 7) is 0. The Morgan fingerprint density at radius 2 is 2.00 bits per heavy atom. The van der Waals surface area contributed by atoms with Crippen LogP contribution in [-0.4, -0.2) is 36.6 Å². The van der Waals surface area contributed by atoms with Crippen LogP contribution in [0.15, 0.2) is 48.5 Å². The van der Waals surface area contributed by atoms with Gasteiger partial charge in [-0.3, -0.25) is 4.90 Å². The van der Waals surface area contributed by atoms with Crippen molar-refractivity contribution in [3.63, 3.8) is 0 Å². The maximum Gasteiger partial charge on any atom is 0.330 e. The molecule has 0 amide bonds. The number of likely N-dealkylation sites (N-methyl/N-ethyl adjacent to an activating group) is 1. The molecule has 2 atom stereocenters. The highest BCUT2D eigenvalue weighted by Gasteiger charge is 2.52. The topological polar surface area (TPSA) is 29.5 Å². The van der Waals surface area contributed by atoms with Gasteiger partial charge in [0.1, 0.15) is 5.54 Å². The lowest BCUT2D eigenvalue weighted by atomic mass is 9.87. The number of carbonyl (C=O) groups excluding carboxylic acids is 1. The van der Waals surface area contributed by atoms with E-state index in [-0.39, 0.29) is 5.97 Å². The highest BCUT2D eigenvalue weighted by molar-refractivity contribution is 5.91. The third-order valence-corrected chi connectivity index (χ3v) is 5.56. The predicted octanol–water partition coefficient (Wildman–Crippen LogP) is 3.63. The molecule has 2 bridgehead atoms. The number of ether oxygens (including phenoxy) is 1. The third kappa shape index (κ3) is 2.11. The van der Waals surface area contributed by atoms with Gasteiger partial charge in [-0.25, -0.2) is 4.79 Å². The van der Waals surface area contributed by atoms with E-state index in [1.165, 1.54) is 29.0 Å². The first-order valence-electron chi connectivity index (χ1n) is 8.16. The van der Waals surface area contributed by atoms with Gasteiger partial charge >= 0.3 is 5.97 Å². The van der Waals surface area contributed by atoms with Crippen LogP contribution in [0.2, 0.25) is 0 Å². The molecular weight excluding hydrogens is 286 g/mol. The quantitative estimate of drug-likeness (QED) is 0.794. The van der Waals surface area contributed by atoms with Crippen LogP contribution in [0.1, 0.15) is 24.8 Å². The molecule has 3 nitrogen and oxygen atoms in total. The molecule has 3 heteroatoms. The first-order valence-corrected chi connectivity index (χ1v) is 8.16. The Balaban J connectivity index is 1.81. The van der Waals surface area contributed by atoms with E-state index in [4.69, 9.17) is 4.74 Å². The summed E-state index contributed by atoms with van der Waals surface area (Å²) >= 11 is 0. The summed E-state index contributed by atoms with van der Waals surface area (Å²) in [6, 6.07) is 15.4. The van der Waals surface area contributed by atoms with Crippen LogP contribution in [-0.2, 0) is 9.53 Å². The minimum atomic E-state index is -0.585. The lowest BCUT2D eigenvalue weighted by molar-refractivity contribution is -0.150. The van der Waals surface area contributed by atoms with Crippen molar-refractivity contribution in [2.45, 2.75) is 30.8 Å².